The van der Waals surface area contributed by atoms with Crippen LogP contribution in [0, 0.1) is 5.92 Å². The van der Waals surface area contributed by atoms with Gasteiger partial charge in [-0.3, -0.25) is 4.57 Å². The Bertz CT molecular complexity index is 475. The summed E-state index contributed by atoms with van der Waals surface area (Å²) in [5.41, 5.74) is -0.441. The van der Waals surface area contributed by atoms with E-state index in [0.29, 0.717) is 24.1 Å². The Morgan fingerprint density at radius 3 is 2.75 bits per heavy atom. The maximum absolute atomic E-state index is 11.8. The number of likely N-dealkylation sites (tertiary alicyclic amines) is 1. The molecule has 1 aliphatic rings. The van der Waals surface area contributed by atoms with Crippen LogP contribution in [0.15, 0.2) is 18.7 Å². The third-order valence-corrected chi connectivity index (χ3v) is 3.24. The van der Waals surface area contributed by atoms with E-state index in [1.165, 1.54) is 0 Å². The molecule has 0 atom stereocenters. The second-order valence-electron chi connectivity index (χ2n) is 5.91. The van der Waals surface area contributed by atoms with Gasteiger partial charge in [0.2, 0.25) is 0 Å². The van der Waals surface area contributed by atoms with E-state index < -0.39 is 5.60 Å². The fraction of sp³-hybridized carbons (Fsp3) is 0.615. The molecule has 6 nitrogen and oxygen atoms in total. The molecule has 0 aromatic carbocycles. The van der Waals surface area contributed by atoms with E-state index in [0.717, 1.165) is 6.54 Å². The van der Waals surface area contributed by atoms with Crippen LogP contribution in [0.5, 0.6) is 0 Å². The fourth-order valence-electron chi connectivity index (χ4n) is 1.88. The van der Waals surface area contributed by atoms with Crippen LogP contribution in [0.3, 0.4) is 0 Å². The number of rotatable bonds is 2. The molecule has 1 aromatic heterocycles. The van der Waals surface area contributed by atoms with Crippen molar-refractivity contribution in [3.8, 4) is 0 Å². The standard InChI is InChI=1S/C13H20N4O2S/c1-13(2,3)19-12(18)17-7-10(8-17)6-15-11(20)16-5-4-14-9-16/h4-5,9-10H,6-8H2,1-3H3,(H,15,20). The average Bonchev–Trinajstić information content (AvgIpc) is 2.77. The molecule has 0 unspecified atom stereocenters. The smallest absolute Gasteiger partial charge is 0.410 e. The van der Waals surface area contributed by atoms with Crippen molar-refractivity contribution in [3.63, 3.8) is 0 Å². The molecule has 0 bridgehead atoms. The van der Waals surface area contributed by atoms with Crippen LogP contribution in [0.2, 0.25) is 0 Å². The van der Waals surface area contributed by atoms with Gasteiger partial charge in [0.15, 0.2) is 5.11 Å². The second kappa shape index (κ2) is 5.78. The summed E-state index contributed by atoms with van der Waals surface area (Å²) >= 11 is 5.22. The van der Waals surface area contributed by atoms with Crippen LogP contribution >= 0.6 is 12.2 Å². The zero-order valence-corrected chi connectivity index (χ0v) is 12.8. The normalized spacial score (nSPS) is 15.7. The minimum absolute atomic E-state index is 0.245. The van der Waals surface area contributed by atoms with E-state index in [-0.39, 0.29) is 6.09 Å². The SMILES string of the molecule is CC(C)(C)OC(=O)N1CC(CNC(=S)n2ccnc2)C1. The van der Waals surface area contributed by atoms with Gasteiger partial charge in [-0.05, 0) is 33.0 Å². The summed E-state index contributed by atoms with van der Waals surface area (Å²) in [5, 5.41) is 3.79. The lowest BCUT2D eigenvalue weighted by Crippen LogP contribution is -2.55. The van der Waals surface area contributed by atoms with Crippen LogP contribution in [0.4, 0.5) is 4.79 Å². The molecular formula is C13H20N4O2S. The number of hydrogen-bond acceptors (Lipinski definition) is 4. The highest BCUT2D eigenvalue weighted by atomic mass is 32.1. The quantitative estimate of drug-likeness (QED) is 0.838. The van der Waals surface area contributed by atoms with Gasteiger partial charge in [0.05, 0.1) is 0 Å². The topological polar surface area (TPSA) is 59.4 Å². The Morgan fingerprint density at radius 1 is 1.50 bits per heavy atom. The van der Waals surface area contributed by atoms with Gasteiger partial charge >= 0.3 is 6.09 Å². The van der Waals surface area contributed by atoms with E-state index in [4.69, 9.17) is 17.0 Å². The third-order valence-electron chi connectivity index (χ3n) is 2.89. The van der Waals surface area contributed by atoms with E-state index in [9.17, 15) is 4.79 Å². The number of carbonyl (C=O) groups excluding carboxylic acids is 1. The molecule has 2 rings (SSSR count). The molecule has 1 aliphatic heterocycles. The zero-order chi connectivity index (χ0) is 14.8. The molecule has 2 heterocycles. The molecule has 1 amide bonds. The van der Waals surface area contributed by atoms with Crippen molar-refractivity contribution in [2.24, 2.45) is 5.92 Å². The van der Waals surface area contributed by atoms with Crippen LogP contribution in [0.25, 0.3) is 0 Å². The first-order chi connectivity index (χ1) is 9.35. The van der Waals surface area contributed by atoms with Gasteiger partial charge in [0.25, 0.3) is 0 Å². The number of amides is 1. The summed E-state index contributed by atoms with van der Waals surface area (Å²) in [7, 11) is 0. The van der Waals surface area contributed by atoms with Crippen molar-refractivity contribution >= 4 is 23.4 Å². The summed E-state index contributed by atoms with van der Waals surface area (Å²) in [4.78, 5) is 17.4. The summed E-state index contributed by atoms with van der Waals surface area (Å²) in [6.07, 6.45) is 4.89. The minimum Gasteiger partial charge on any atom is -0.444 e. The van der Waals surface area contributed by atoms with Crippen molar-refractivity contribution in [1.29, 1.82) is 0 Å². The molecule has 1 saturated heterocycles. The number of nitrogens with zero attached hydrogens (tertiary/aromatic N) is 3. The molecule has 0 radical (unpaired) electrons. The predicted molar refractivity (Wildman–Crippen MR) is 79.5 cm³/mol. The van der Waals surface area contributed by atoms with Gasteiger partial charge < -0.3 is 15.0 Å². The Balaban J connectivity index is 1.67. The number of carbonyl (C=O) groups is 1. The van der Waals surface area contributed by atoms with E-state index in [2.05, 4.69) is 10.3 Å². The van der Waals surface area contributed by atoms with Crippen molar-refractivity contribution < 1.29 is 9.53 Å². The maximum Gasteiger partial charge on any atom is 0.410 e. The molecule has 0 aliphatic carbocycles. The van der Waals surface area contributed by atoms with Gasteiger partial charge in [0, 0.05) is 37.9 Å². The van der Waals surface area contributed by atoms with E-state index >= 15 is 0 Å². The molecule has 20 heavy (non-hydrogen) atoms. The molecule has 1 N–H and O–H groups in total. The summed E-state index contributed by atoms with van der Waals surface area (Å²) in [6.45, 7) is 7.76. The summed E-state index contributed by atoms with van der Waals surface area (Å²) in [5.74, 6) is 0.406. The van der Waals surface area contributed by atoms with E-state index in [1.54, 1.807) is 28.2 Å². The number of aromatic nitrogens is 2. The summed E-state index contributed by atoms with van der Waals surface area (Å²) < 4.78 is 7.05. The number of hydrogen-bond donors (Lipinski definition) is 1. The first kappa shape index (κ1) is 14.8. The Morgan fingerprint density at radius 2 is 2.20 bits per heavy atom. The number of thiocarbonyl (C=S) groups is 1. The van der Waals surface area contributed by atoms with Crippen LogP contribution in [0.1, 0.15) is 20.8 Å². The van der Waals surface area contributed by atoms with Gasteiger partial charge in [0.1, 0.15) is 11.9 Å². The van der Waals surface area contributed by atoms with Crippen molar-refractivity contribution in [1.82, 2.24) is 19.8 Å². The van der Waals surface area contributed by atoms with Crippen molar-refractivity contribution in [2.75, 3.05) is 19.6 Å². The predicted octanol–water partition coefficient (Wildman–Crippen LogP) is 1.47. The highest BCUT2D eigenvalue weighted by Crippen LogP contribution is 2.18. The Kier molecular flexibility index (Phi) is 4.27. The van der Waals surface area contributed by atoms with Gasteiger partial charge in [-0.15, -0.1) is 0 Å². The lowest BCUT2D eigenvalue weighted by Gasteiger charge is -2.39. The lowest BCUT2D eigenvalue weighted by molar-refractivity contribution is -0.000201. The van der Waals surface area contributed by atoms with Crippen LogP contribution in [-0.2, 0) is 4.74 Å². The van der Waals surface area contributed by atoms with Gasteiger partial charge in [-0.1, -0.05) is 0 Å². The Hall–Kier alpha value is -1.63. The third kappa shape index (κ3) is 3.93. The maximum atomic E-state index is 11.8. The number of nitrogens with one attached hydrogen (secondary N) is 1. The molecule has 1 fully saturated rings. The van der Waals surface area contributed by atoms with Crippen molar-refractivity contribution in [2.45, 2.75) is 26.4 Å². The second-order valence-corrected chi connectivity index (χ2v) is 6.29. The van der Waals surface area contributed by atoms with E-state index in [1.807, 2.05) is 20.8 Å². The molecular weight excluding hydrogens is 276 g/mol. The highest BCUT2D eigenvalue weighted by Gasteiger charge is 2.33. The minimum atomic E-state index is -0.441. The Labute approximate surface area is 124 Å². The first-order valence-corrected chi connectivity index (χ1v) is 7.00. The van der Waals surface area contributed by atoms with Gasteiger partial charge in [-0.2, -0.15) is 0 Å². The highest BCUT2D eigenvalue weighted by molar-refractivity contribution is 7.80. The molecule has 0 saturated carbocycles. The number of ether oxygens (including phenoxy) is 1. The largest absolute Gasteiger partial charge is 0.444 e. The first-order valence-electron chi connectivity index (χ1n) is 6.59. The summed E-state index contributed by atoms with van der Waals surface area (Å²) in [6, 6.07) is 0. The van der Waals surface area contributed by atoms with Crippen LogP contribution in [-0.4, -0.2) is 50.9 Å². The molecule has 7 heteroatoms. The molecule has 110 valence electrons. The average molecular weight is 296 g/mol. The molecule has 1 aromatic rings. The fourth-order valence-corrected chi connectivity index (χ4v) is 2.07. The van der Waals surface area contributed by atoms with Crippen molar-refractivity contribution in [3.05, 3.63) is 18.7 Å². The molecule has 0 spiro atoms. The number of imidazole rings is 1. The van der Waals surface area contributed by atoms with Gasteiger partial charge in [-0.25, -0.2) is 9.78 Å². The zero-order valence-electron chi connectivity index (χ0n) is 12.0. The lowest BCUT2D eigenvalue weighted by atomic mass is 10.0. The van der Waals surface area contributed by atoms with Crippen LogP contribution < -0.4 is 5.32 Å². The monoisotopic (exact) mass is 296 g/mol.